The molecular formula is C8H10NSn+3. The minimum atomic E-state index is 1.27. The first-order valence-corrected chi connectivity index (χ1v) is 4.62. The van der Waals surface area contributed by atoms with Crippen LogP contribution in [0.3, 0.4) is 0 Å². The molecule has 10 heavy (non-hydrogen) atoms. The summed E-state index contributed by atoms with van der Waals surface area (Å²) in [5.41, 5.74) is 1.27. The normalized spacial score (nSPS) is 9.60. The SMILES string of the molecule is CN(C)c1cc[c]([Sn+3])cc1. The third-order valence-electron chi connectivity index (χ3n) is 1.38. The van der Waals surface area contributed by atoms with Crippen LogP contribution >= 0.6 is 0 Å². The predicted molar refractivity (Wildman–Crippen MR) is 46.2 cm³/mol. The minimum absolute atomic E-state index is 1.27. The first-order valence-electron chi connectivity index (χ1n) is 3.19. The molecule has 0 saturated heterocycles. The second-order valence-corrected chi connectivity index (χ2v) is 4.09. The van der Waals surface area contributed by atoms with Gasteiger partial charge in [0.05, 0.1) is 0 Å². The van der Waals surface area contributed by atoms with E-state index in [1.165, 1.54) is 31.8 Å². The van der Waals surface area contributed by atoms with Gasteiger partial charge in [0.25, 0.3) is 0 Å². The van der Waals surface area contributed by atoms with Crippen LogP contribution in [0.15, 0.2) is 24.3 Å². The first kappa shape index (κ1) is 7.92. The van der Waals surface area contributed by atoms with Gasteiger partial charge < -0.3 is 0 Å². The first-order chi connectivity index (χ1) is 4.70. The van der Waals surface area contributed by atoms with E-state index in [0.717, 1.165) is 0 Å². The van der Waals surface area contributed by atoms with Crippen molar-refractivity contribution in [2.24, 2.45) is 0 Å². The van der Waals surface area contributed by atoms with Gasteiger partial charge in [-0.05, 0) is 0 Å². The van der Waals surface area contributed by atoms with Crippen LogP contribution in [0.2, 0.25) is 0 Å². The molecule has 0 N–H and O–H groups in total. The molecule has 0 spiro atoms. The van der Waals surface area contributed by atoms with Crippen molar-refractivity contribution in [3.63, 3.8) is 0 Å². The van der Waals surface area contributed by atoms with E-state index in [1.807, 2.05) is 0 Å². The number of hydrogen-bond acceptors (Lipinski definition) is 1. The summed E-state index contributed by atoms with van der Waals surface area (Å²) in [6, 6.07) is 8.61. The molecule has 48 valence electrons. The maximum absolute atomic E-state index is 2.16. The summed E-state index contributed by atoms with van der Waals surface area (Å²) < 4.78 is 1.40. The van der Waals surface area contributed by atoms with Crippen molar-refractivity contribution in [3.8, 4) is 0 Å². The zero-order valence-electron chi connectivity index (χ0n) is 6.26. The molecule has 0 heterocycles. The molecule has 0 saturated carbocycles. The van der Waals surface area contributed by atoms with Crippen LogP contribution in [0.5, 0.6) is 0 Å². The Bertz CT molecular complexity index is 203. The van der Waals surface area contributed by atoms with Crippen molar-refractivity contribution < 1.29 is 0 Å². The Morgan fingerprint density at radius 2 is 1.60 bits per heavy atom. The molecule has 0 aromatic heterocycles. The predicted octanol–water partition coefficient (Wildman–Crippen LogP) is 0.546. The van der Waals surface area contributed by atoms with Crippen molar-refractivity contribution in [1.82, 2.24) is 0 Å². The van der Waals surface area contributed by atoms with E-state index in [2.05, 4.69) is 43.3 Å². The van der Waals surface area contributed by atoms with Gasteiger partial charge in [-0.15, -0.1) is 0 Å². The molecule has 0 aliphatic rings. The van der Waals surface area contributed by atoms with Crippen molar-refractivity contribution in [1.29, 1.82) is 0 Å². The summed E-state index contributed by atoms with van der Waals surface area (Å²) in [5, 5.41) is 0. The number of hydrogen-bond donors (Lipinski definition) is 0. The summed E-state index contributed by atoms with van der Waals surface area (Å²) in [4.78, 5) is 2.11. The standard InChI is InChI=1S/C8H10N.Sn/c1-9(2)8-6-4-3-5-7-8;/h4-7H,1-2H3;/q;+3. The third-order valence-corrected chi connectivity index (χ3v) is 2.34. The van der Waals surface area contributed by atoms with E-state index in [1.54, 1.807) is 0 Å². The summed E-state index contributed by atoms with van der Waals surface area (Å²) in [7, 11) is 4.11. The van der Waals surface area contributed by atoms with Gasteiger partial charge in [0.1, 0.15) is 0 Å². The van der Waals surface area contributed by atoms with Crippen LogP contribution < -0.4 is 8.48 Å². The van der Waals surface area contributed by atoms with Crippen LogP contribution in [-0.2, 0) is 0 Å². The average molecular weight is 239 g/mol. The van der Waals surface area contributed by atoms with E-state index < -0.39 is 0 Å². The Hall–Kier alpha value is -0.181. The molecule has 0 atom stereocenters. The van der Waals surface area contributed by atoms with Crippen molar-refractivity contribution in [3.05, 3.63) is 24.3 Å². The van der Waals surface area contributed by atoms with Gasteiger partial charge in [-0.1, -0.05) is 0 Å². The van der Waals surface area contributed by atoms with Gasteiger partial charge in [-0.2, -0.15) is 0 Å². The fraction of sp³-hybridized carbons (Fsp3) is 0.250. The molecule has 1 aromatic rings. The molecule has 0 bridgehead atoms. The van der Waals surface area contributed by atoms with Gasteiger partial charge in [-0.3, -0.25) is 0 Å². The maximum atomic E-state index is 2.16. The van der Waals surface area contributed by atoms with Crippen LogP contribution in [0.25, 0.3) is 0 Å². The summed E-state index contributed by atoms with van der Waals surface area (Å²) in [6.07, 6.45) is 0. The van der Waals surface area contributed by atoms with E-state index in [0.29, 0.717) is 0 Å². The van der Waals surface area contributed by atoms with Crippen LogP contribution in [-0.4, -0.2) is 36.6 Å². The fourth-order valence-electron chi connectivity index (χ4n) is 0.760. The Kier molecular flexibility index (Phi) is 2.60. The summed E-state index contributed by atoms with van der Waals surface area (Å²) >= 11 is 1.48. The van der Waals surface area contributed by atoms with Gasteiger partial charge in [0, 0.05) is 0 Å². The zero-order chi connectivity index (χ0) is 7.56. The molecule has 1 rings (SSSR count). The second-order valence-electron chi connectivity index (χ2n) is 2.44. The monoisotopic (exact) mass is 240 g/mol. The molecule has 0 aliphatic carbocycles. The number of benzene rings is 1. The molecule has 1 nitrogen and oxygen atoms in total. The van der Waals surface area contributed by atoms with Crippen molar-refractivity contribution in [2.75, 3.05) is 19.0 Å². The summed E-state index contributed by atoms with van der Waals surface area (Å²) in [6.45, 7) is 0. The molecule has 1 aromatic carbocycles. The van der Waals surface area contributed by atoms with Crippen LogP contribution in [0.4, 0.5) is 5.69 Å². The molecular weight excluding hydrogens is 229 g/mol. The Morgan fingerprint density at radius 3 is 2.00 bits per heavy atom. The van der Waals surface area contributed by atoms with E-state index in [4.69, 9.17) is 0 Å². The average Bonchev–Trinajstić information content (AvgIpc) is 1.88. The topological polar surface area (TPSA) is 3.24 Å². The third kappa shape index (κ3) is 1.90. The van der Waals surface area contributed by atoms with Crippen LogP contribution in [0.1, 0.15) is 0 Å². The second kappa shape index (κ2) is 3.28. The number of anilines is 1. The van der Waals surface area contributed by atoms with E-state index >= 15 is 0 Å². The Morgan fingerprint density at radius 1 is 1.10 bits per heavy atom. The van der Waals surface area contributed by atoms with Crippen molar-refractivity contribution in [2.45, 2.75) is 0 Å². The van der Waals surface area contributed by atoms with Gasteiger partial charge in [0.2, 0.25) is 0 Å². The zero-order valence-corrected chi connectivity index (χ0v) is 9.11. The molecule has 0 amide bonds. The molecule has 0 unspecified atom stereocenters. The molecule has 0 fully saturated rings. The molecule has 0 radical (unpaired) electrons. The molecule has 2 heteroatoms. The summed E-state index contributed by atoms with van der Waals surface area (Å²) in [5.74, 6) is 0. The van der Waals surface area contributed by atoms with Crippen molar-refractivity contribution >= 4 is 31.8 Å². The van der Waals surface area contributed by atoms with Gasteiger partial charge in [0.15, 0.2) is 0 Å². The van der Waals surface area contributed by atoms with Crippen LogP contribution in [0, 0.1) is 0 Å². The van der Waals surface area contributed by atoms with E-state index in [-0.39, 0.29) is 0 Å². The Labute approximate surface area is 75.1 Å². The Balaban J connectivity index is 2.89. The molecule has 0 aliphatic heterocycles. The van der Waals surface area contributed by atoms with Gasteiger partial charge in [-0.25, -0.2) is 0 Å². The number of nitrogens with zero attached hydrogens (tertiary/aromatic N) is 1. The van der Waals surface area contributed by atoms with E-state index in [9.17, 15) is 0 Å². The van der Waals surface area contributed by atoms with Gasteiger partial charge >= 0.3 is 75.1 Å². The fourth-order valence-corrected chi connectivity index (χ4v) is 1.24. The number of rotatable bonds is 1. The quantitative estimate of drug-likeness (QED) is 0.646.